The Labute approximate surface area is 167 Å². The zero-order valence-corrected chi connectivity index (χ0v) is 16.7. The van der Waals surface area contributed by atoms with Crippen LogP contribution in [-0.2, 0) is 13.1 Å². The first-order valence-electron chi connectivity index (χ1n) is 9.30. The van der Waals surface area contributed by atoms with Crippen molar-refractivity contribution in [2.45, 2.75) is 32.0 Å². The van der Waals surface area contributed by atoms with E-state index in [1.165, 1.54) is 11.1 Å². The van der Waals surface area contributed by atoms with Crippen molar-refractivity contribution in [3.05, 3.63) is 64.4 Å². The second-order valence-electron chi connectivity index (χ2n) is 7.06. The van der Waals surface area contributed by atoms with E-state index in [2.05, 4.69) is 60.4 Å². The predicted octanol–water partition coefficient (Wildman–Crippen LogP) is 3.96. The van der Waals surface area contributed by atoms with Gasteiger partial charge in [0.1, 0.15) is 5.52 Å². The lowest BCUT2D eigenvalue weighted by atomic mass is 10.1. The van der Waals surface area contributed by atoms with Gasteiger partial charge < -0.3 is 10.4 Å². The molecular weight excluding hydrogens is 404 g/mol. The summed E-state index contributed by atoms with van der Waals surface area (Å²) in [6.45, 7) is 3.65. The summed E-state index contributed by atoms with van der Waals surface area (Å²) in [6.07, 6.45) is 5.24. The molecule has 3 heterocycles. The number of halogens is 1. The van der Waals surface area contributed by atoms with Gasteiger partial charge in [-0.05, 0) is 52.0 Å². The van der Waals surface area contributed by atoms with E-state index in [1.54, 1.807) is 12.4 Å². The van der Waals surface area contributed by atoms with Gasteiger partial charge in [-0.25, -0.2) is 0 Å². The molecule has 0 unspecified atom stereocenters. The smallest absolute Gasteiger partial charge is 0.112 e. The van der Waals surface area contributed by atoms with Crippen molar-refractivity contribution >= 4 is 32.7 Å². The highest BCUT2D eigenvalue weighted by Crippen LogP contribution is 2.22. The number of pyridine rings is 2. The Hall–Kier alpha value is -2.02. The van der Waals surface area contributed by atoms with Gasteiger partial charge in [-0.15, -0.1) is 0 Å². The third-order valence-corrected chi connectivity index (χ3v) is 5.45. The molecule has 1 fully saturated rings. The first-order valence-corrected chi connectivity index (χ1v) is 10.1. The number of aliphatic hydroxyl groups excluding tert-OH is 1. The lowest BCUT2D eigenvalue weighted by Crippen LogP contribution is -2.35. The molecule has 5 nitrogen and oxygen atoms in total. The van der Waals surface area contributed by atoms with Crippen molar-refractivity contribution in [2.75, 3.05) is 18.4 Å². The van der Waals surface area contributed by atoms with Crippen LogP contribution in [0.25, 0.3) is 11.0 Å². The Kier molecular flexibility index (Phi) is 5.66. The quantitative estimate of drug-likeness (QED) is 0.646. The molecule has 1 aliphatic heterocycles. The highest BCUT2D eigenvalue weighted by Gasteiger charge is 2.16. The number of hydrogen-bond donors (Lipinski definition) is 2. The standard InChI is InChI=1S/C21H23BrN4O/c22-17-11-20-21(25-13-17)19(5-8-23-20)24-12-15-1-3-16(4-2-15)14-26-9-6-18(27)7-10-26/h1-5,8,11,13,18,27H,6-7,9-10,12,14H2,(H,23,24). The molecule has 0 amide bonds. The Morgan fingerprint density at radius 2 is 1.81 bits per heavy atom. The number of likely N-dealkylation sites (tertiary alicyclic amines) is 1. The van der Waals surface area contributed by atoms with E-state index in [-0.39, 0.29) is 6.10 Å². The molecule has 0 atom stereocenters. The van der Waals surface area contributed by atoms with Gasteiger partial charge in [0, 0.05) is 43.0 Å². The Balaban J connectivity index is 1.38. The molecule has 1 aliphatic rings. The van der Waals surface area contributed by atoms with Gasteiger partial charge in [0.2, 0.25) is 0 Å². The van der Waals surface area contributed by atoms with Crippen molar-refractivity contribution < 1.29 is 5.11 Å². The molecule has 0 bridgehead atoms. The van der Waals surface area contributed by atoms with Crippen molar-refractivity contribution in [3.63, 3.8) is 0 Å². The maximum atomic E-state index is 9.62. The summed E-state index contributed by atoms with van der Waals surface area (Å²) >= 11 is 3.44. The highest BCUT2D eigenvalue weighted by atomic mass is 79.9. The number of aliphatic hydroxyl groups is 1. The van der Waals surface area contributed by atoms with Gasteiger partial charge in [-0.3, -0.25) is 14.9 Å². The maximum Gasteiger partial charge on any atom is 0.112 e. The molecular formula is C21H23BrN4O. The van der Waals surface area contributed by atoms with Crippen LogP contribution in [0.3, 0.4) is 0 Å². The average molecular weight is 427 g/mol. The van der Waals surface area contributed by atoms with Crippen molar-refractivity contribution in [1.29, 1.82) is 0 Å². The van der Waals surface area contributed by atoms with Gasteiger partial charge >= 0.3 is 0 Å². The minimum absolute atomic E-state index is 0.116. The SMILES string of the molecule is OC1CCN(Cc2ccc(CNc3ccnc4cc(Br)cnc34)cc2)CC1. The molecule has 2 N–H and O–H groups in total. The summed E-state index contributed by atoms with van der Waals surface area (Å²) in [6, 6.07) is 12.7. The van der Waals surface area contributed by atoms with Crippen molar-refractivity contribution in [3.8, 4) is 0 Å². The fourth-order valence-electron chi connectivity index (χ4n) is 3.44. The lowest BCUT2D eigenvalue weighted by molar-refractivity contribution is 0.0792. The first kappa shape index (κ1) is 18.3. The molecule has 0 radical (unpaired) electrons. The average Bonchev–Trinajstić information content (AvgIpc) is 2.69. The van der Waals surface area contributed by atoms with Gasteiger partial charge in [-0.2, -0.15) is 0 Å². The van der Waals surface area contributed by atoms with Crippen LogP contribution < -0.4 is 5.32 Å². The minimum Gasteiger partial charge on any atom is -0.393 e. The second-order valence-corrected chi connectivity index (χ2v) is 7.97. The molecule has 1 aromatic carbocycles. The minimum atomic E-state index is -0.116. The van der Waals surface area contributed by atoms with Crippen LogP contribution in [0.2, 0.25) is 0 Å². The van der Waals surface area contributed by atoms with Crippen LogP contribution in [-0.4, -0.2) is 39.2 Å². The summed E-state index contributed by atoms with van der Waals surface area (Å²) in [4.78, 5) is 11.3. The van der Waals surface area contributed by atoms with Crippen molar-refractivity contribution in [2.24, 2.45) is 0 Å². The topological polar surface area (TPSA) is 61.3 Å². The van der Waals surface area contributed by atoms with E-state index in [4.69, 9.17) is 0 Å². The zero-order chi connectivity index (χ0) is 18.6. The van der Waals surface area contributed by atoms with E-state index in [9.17, 15) is 5.11 Å². The van der Waals surface area contributed by atoms with Crippen LogP contribution in [0.15, 0.2) is 53.3 Å². The summed E-state index contributed by atoms with van der Waals surface area (Å²) in [5.41, 5.74) is 5.29. The van der Waals surface area contributed by atoms with Gasteiger partial charge in [0.05, 0.1) is 17.3 Å². The number of rotatable bonds is 5. The van der Waals surface area contributed by atoms with Gasteiger partial charge in [-0.1, -0.05) is 24.3 Å². The number of hydrogen-bond acceptors (Lipinski definition) is 5. The largest absolute Gasteiger partial charge is 0.393 e. The number of anilines is 1. The van der Waals surface area contributed by atoms with Crippen LogP contribution in [0.4, 0.5) is 5.69 Å². The zero-order valence-electron chi connectivity index (χ0n) is 15.1. The molecule has 27 heavy (non-hydrogen) atoms. The predicted molar refractivity (Wildman–Crippen MR) is 112 cm³/mol. The number of benzene rings is 1. The monoisotopic (exact) mass is 426 g/mol. The van der Waals surface area contributed by atoms with E-state index < -0.39 is 0 Å². The van der Waals surface area contributed by atoms with Crippen LogP contribution in [0, 0.1) is 0 Å². The molecule has 0 spiro atoms. The molecule has 1 saturated heterocycles. The third kappa shape index (κ3) is 4.64. The van der Waals surface area contributed by atoms with Crippen LogP contribution in [0.1, 0.15) is 24.0 Å². The number of nitrogens with zero attached hydrogens (tertiary/aromatic N) is 3. The van der Waals surface area contributed by atoms with Gasteiger partial charge in [0.15, 0.2) is 0 Å². The summed E-state index contributed by atoms with van der Waals surface area (Å²) in [7, 11) is 0. The molecule has 6 heteroatoms. The molecule has 0 saturated carbocycles. The second kappa shape index (κ2) is 8.33. The van der Waals surface area contributed by atoms with Crippen LogP contribution >= 0.6 is 15.9 Å². The Bertz CT molecular complexity index is 908. The molecule has 140 valence electrons. The van der Waals surface area contributed by atoms with Gasteiger partial charge in [0.25, 0.3) is 0 Å². The number of aromatic nitrogens is 2. The lowest BCUT2D eigenvalue weighted by Gasteiger charge is -2.29. The normalized spacial score (nSPS) is 15.9. The van der Waals surface area contributed by atoms with E-state index >= 15 is 0 Å². The fraction of sp³-hybridized carbons (Fsp3) is 0.333. The third-order valence-electron chi connectivity index (χ3n) is 5.01. The summed E-state index contributed by atoms with van der Waals surface area (Å²) in [5, 5.41) is 13.1. The summed E-state index contributed by atoms with van der Waals surface area (Å²) < 4.78 is 0.929. The van der Waals surface area contributed by atoms with E-state index in [1.807, 2.05) is 12.1 Å². The number of piperidine rings is 1. The number of fused-ring (bicyclic) bond motifs is 1. The van der Waals surface area contributed by atoms with E-state index in [0.29, 0.717) is 0 Å². The molecule has 4 rings (SSSR count). The van der Waals surface area contributed by atoms with Crippen molar-refractivity contribution in [1.82, 2.24) is 14.9 Å². The van der Waals surface area contributed by atoms with Crippen LogP contribution in [0.5, 0.6) is 0 Å². The fourth-order valence-corrected chi connectivity index (χ4v) is 3.76. The Morgan fingerprint density at radius 3 is 2.59 bits per heavy atom. The Morgan fingerprint density at radius 1 is 1.07 bits per heavy atom. The van der Waals surface area contributed by atoms with E-state index in [0.717, 1.165) is 60.2 Å². The first-order chi connectivity index (χ1) is 13.2. The molecule has 2 aromatic heterocycles. The summed E-state index contributed by atoms with van der Waals surface area (Å²) in [5.74, 6) is 0. The highest BCUT2D eigenvalue weighted by molar-refractivity contribution is 9.10. The molecule has 3 aromatic rings. The number of nitrogens with one attached hydrogen (secondary N) is 1. The molecule has 0 aliphatic carbocycles. The maximum absolute atomic E-state index is 9.62.